The molecule has 4 rings (SSSR count). The molecular weight excluding hydrogens is 428 g/mol. The molecule has 0 saturated heterocycles. The van der Waals surface area contributed by atoms with E-state index in [-0.39, 0.29) is 35.0 Å². The van der Waals surface area contributed by atoms with Crippen molar-refractivity contribution in [3.63, 3.8) is 0 Å². The number of aromatic nitrogens is 2. The zero-order chi connectivity index (χ0) is 23.5. The summed E-state index contributed by atoms with van der Waals surface area (Å²) in [5.74, 6) is -0.109. The lowest BCUT2D eigenvalue weighted by Gasteiger charge is -2.26. The fourth-order valence-electron chi connectivity index (χ4n) is 3.86. The predicted octanol–water partition coefficient (Wildman–Crippen LogP) is 3.02. The first-order valence-corrected chi connectivity index (χ1v) is 10.3. The fourth-order valence-corrected chi connectivity index (χ4v) is 3.86. The van der Waals surface area contributed by atoms with Crippen LogP contribution < -0.4 is 14.8 Å². The first-order chi connectivity index (χ1) is 15.9. The van der Waals surface area contributed by atoms with E-state index >= 15 is 0 Å². The molecule has 0 fully saturated rings. The maximum absolute atomic E-state index is 13.5. The molecule has 1 aromatic heterocycles. The Morgan fingerprint density at radius 3 is 2.67 bits per heavy atom. The van der Waals surface area contributed by atoms with E-state index in [4.69, 9.17) is 13.9 Å². The second-order valence-electron chi connectivity index (χ2n) is 7.29. The fraction of sp³-hybridized carbons (Fsp3) is 0.261. The first-order valence-electron chi connectivity index (χ1n) is 10.3. The van der Waals surface area contributed by atoms with Crippen LogP contribution in [0.3, 0.4) is 0 Å². The minimum atomic E-state index is -0.770. The topological polar surface area (TPSA) is 124 Å². The zero-order valence-electron chi connectivity index (χ0n) is 18.3. The van der Waals surface area contributed by atoms with E-state index in [2.05, 4.69) is 15.5 Å². The number of hydrogen-bond donors (Lipinski definition) is 1. The van der Waals surface area contributed by atoms with Crippen LogP contribution in [0.1, 0.15) is 52.1 Å². The molecule has 0 radical (unpaired) electrons. The molecule has 1 aliphatic rings. The van der Waals surface area contributed by atoms with Crippen LogP contribution in [0.25, 0.3) is 0 Å². The van der Waals surface area contributed by atoms with Crippen LogP contribution in [0.15, 0.2) is 47.2 Å². The lowest BCUT2D eigenvalue weighted by atomic mass is 10.0. The van der Waals surface area contributed by atoms with Crippen molar-refractivity contribution in [3.8, 4) is 11.5 Å². The Hall–Kier alpha value is -4.21. The standard InChI is InChI=1S/C23H22N4O6/c1-4-32-19-10-14(8-9-18(19)31-3)17(11-20-26-24-12-33-20)27-22(29)15-6-5-7-16(25-13(2)28)21(15)23(27)30/h5-10,12,17H,4,11H2,1-3H3,(H,25,28). The van der Waals surface area contributed by atoms with Crippen LogP contribution in [0, 0.1) is 0 Å². The monoisotopic (exact) mass is 450 g/mol. The summed E-state index contributed by atoms with van der Waals surface area (Å²) in [4.78, 5) is 39.7. The van der Waals surface area contributed by atoms with Gasteiger partial charge in [-0.1, -0.05) is 12.1 Å². The Morgan fingerprint density at radius 1 is 1.18 bits per heavy atom. The van der Waals surface area contributed by atoms with Gasteiger partial charge in [-0.05, 0) is 36.8 Å². The van der Waals surface area contributed by atoms with Gasteiger partial charge in [0.2, 0.25) is 18.2 Å². The molecule has 2 heterocycles. The van der Waals surface area contributed by atoms with Crippen molar-refractivity contribution in [3.05, 3.63) is 65.4 Å². The van der Waals surface area contributed by atoms with Gasteiger partial charge in [-0.15, -0.1) is 10.2 Å². The number of carbonyl (C=O) groups is 3. The highest BCUT2D eigenvalue weighted by molar-refractivity contribution is 6.24. The van der Waals surface area contributed by atoms with Gasteiger partial charge in [0.1, 0.15) is 0 Å². The Labute approximate surface area is 189 Å². The van der Waals surface area contributed by atoms with Crippen molar-refractivity contribution >= 4 is 23.4 Å². The Balaban J connectivity index is 1.80. The average molecular weight is 450 g/mol. The van der Waals surface area contributed by atoms with Crippen LogP contribution in [0.2, 0.25) is 0 Å². The molecule has 10 nitrogen and oxygen atoms in total. The summed E-state index contributed by atoms with van der Waals surface area (Å²) in [7, 11) is 1.53. The van der Waals surface area contributed by atoms with Crippen LogP contribution in [-0.4, -0.2) is 46.5 Å². The van der Waals surface area contributed by atoms with Crippen molar-refractivity contribution in [2.24, 2.45) is 0 Å². The molecule has 33 heavy (non-hydrogen) atoms. The Bertz CT molecular complexity index is 1210. The zero-order valence-corrected chi connectivity index (χ0v) is 18.3. The molecule has 3 amide bonds. The highest BCUT2D eigenvalue weighted by Crippen LogP contribution is 2.39. The number of rotatable bonds is 8. The average Bonchev–Trinajstić information content (AvgIpc) is 3.39. The number of nitrogens with zero attached hydrogens (tertiary/aromatic N) is 3. The summed E-state index contributed by atoms with van der Waals surface area (Å²) >= 11 is 0. The van der Waals surface area contributed by atoms with E-state index in [9.17, 15) is 14.4 Å². The van der Waals surface area contributed by atoms with E-state index in [1.165, 1.54) is 20.4 Å². The maximum Gasteiger partial charge on any atom is 0.264 e. The van der Waals surface area contributed by atoms with Gasteiger partial charge in [-0.25, -0.2) is 0 Å². The SMILES string of the molecule is CCOc1cc(C(Cc2nnco2)N2C(=O)c3cccc(NC(C)=O)c3C2=O)ccc1OC. The van der Waals surface area contributed by atoms with E-state index in [1.807, 2.05) is 6.92 Å². The highest BCUT2D eigenvalue weighted by Gasteiger charge is 2.43. The molecular formula is C23H22N4O6. The summed E-state index contributed by atoms with van der Waals surface area (Å²) in [5.41, 5.74) is 1.25. The lowest BCUT2D eigenvalue weighted by Crippen LogP contribution is -2.35. The molecule has 1 atom stereocenters. The molecule has 10 heteroatoms. The van der Waals surface area contributed by atoms with Crippen LogP contribution in [-0.2, 0) is 11.2 Å². The Kier molecular flexibility index (Phi) is 6.07. The van der Waals surface area contributed by atoms with E-state index in [0.717, 1.165) is 4.90 Å². The van der Waals surface area contributed by atoms with Crippen molar-refractivity contribution in [1.82, 2.24) is 15.1 Å². The number of amides is 3. The molecule has 0 saturated carbocycles. The predicted molar refractivity (Wildman–Crippen MR) is 116 cm³/mol. The smallest absolute Gasteiger partial charge is 0.264 e. The van der Waals surface area contributed by atoms with Crippen molar-refractivity contribution in [2.45, 2.75) is 26.3 Å². The number of anilines is 1. The number of carbonyl (C=O) groups excluding carboxylic acids is 3. The second kappa shape index (κ2) is 9.11. The maximum atomic E-state index is 13.5. The van der Waals surface area contributed by atoms with Crippen molar-refractivity contribution in [1.29, 1.82) is 0 Å². The number of methoxy groups -OCH3 is 1. The summed E-state index contributed by atoms with van der Waals surface area (Å²) in [6, 6.07) is 9.18. The third-order valence-corrected chi connectivity index (χ3v) is 5.21. The first kappa shape index (κ1) is 22.0. The molecule has 1 unspecified atom stereocenters. The number of imide groups is 1. The lowest BCUT2D eigenvalue weighted by molar-refractivity contribution is -0.114. The minimum absolute atomic E-state index is 0.0961. The van der Waals surface area contributed by atoms with E-state index in [0.29, 0.717) is 23.7 Å². The van der Waals surface area contributed by atoms with Gasteiger partial charge in [-0.2, -0.15) is 0 Å². The van der Waals surface area contributed by atoms with E-state index in [1.54, 1.807) is 36.4 Å². The third-order valence-electron chi connectivity index (χ3n) is 5.21. The third kappa shape index (κ3) is 4.14. The minimum Gasteiger partial charge on any atom is -0.493 e. The summed E-state index contributed by atoms with van der Waals surface area (Å²) in [5, 5.41) is 10.2. The van der Waals surface area contributed by atoms with Gasteiger partial charge < -0.3 is 19.2 Å². The largest absolute Gasteiger partial charge is 0.493 e. The molecule has 1 N–H and O–H groups in total. The number of nitrogens with one attached hydrogen (secondary N) is 1. The van der Waals surface area contributed by atoms with Gasteiger partial charge in [0.25, 0.3) is 11.8 Å². The quantitative estimate of drug-likeness (QED) is 0.520. The van der Waals surface area contributed by atoms with Gasteiger partial charge in [0, 0.05) is 6.92 Å². The molecule has 170 valence electrons. The van der Waals surface area contributed by atoms with E-state index < -0.39 is 17.9 Å². The van der Waals surface area contributed by atoms with Gasteiger partial charge >= 0.3 is 0 Å². The summed E-state index contributed by atoms with van der Waals surface area (Å²) in [6.45, 7) is 3.58. The van der Waals surface area contributed by atoms with Gasteiger partial charge in [-0.3, -0.25) is 19.3 Å². The van der Waals surface area contributed by atoms with Crippen molar-refractivity contribution < 1.29 is 28.3 Å². The van der Waals surface area contributed by atoms with Crippen molar-refractivity contribution in [2.75, 3.05) is 19.0 Å². The van der Waals surface area contributed by atoms with Gasteiger partial charge in [0.15, 0.2) is 11.5 Å². The molecule has 0 spiro atoms. The normalized spacial score (nSPS) is 13.6. The number of fused-ring (bicyclic) bond motifs is 1. The molecule has 3 aromatic rings. The highest BCUT2D eigenvalue weighted by atomic mass is 16.5. The molecule has 0 bridgehead atoms. The Morgan fingerprint density at radius 2 is 2.00 bits per heavy atom. The summed E-state index contributed by atoms with van der Waals surface area (Å²) < 4.78 is 16.3. The summed E-state index contributed by atoms with van der Waals surface area (Å²) in [6.07, 6.45) is 1.28. The molecule has 1 aliphatic heterocycles. The number of hydrogen-bond acceptors (Lipinski definition) is 8. The second-order valence-corrected chi connectivity index (χ2v) is 7.29. The molecule has 2 aromatic carbocycles. The number of benzene rings is 2. The van der Waals surface area contributed by atoms with Gasteiger partial charge in [0.05, 0.1) is 43.0 Å². The molecule has 0 aliphatic carbocycles. The van der Waals surface area contributed by atoms with Crippen LogP contribution in [0.5, 0.6) is 11.5 Å². The van der Waals surface area contributed by atoms with Crippen LogP contribution >= 0.6 is 0 Å². The van der Waals surface area contributed by atoms with Crippen LogP contribution in [0.4, 0.5) is 5.69 Å². The number of ether oxygens (including phenoxy) is 2.